The Balaban J connectivity index is 2.11. The van der Waals surface area contributed by atoms with Crippen LogP contribution in [0, 0.1) is 0 Å². The minimum Gasteiger partial charge on any atom is -0.508 e. The zero-order valence-corrected chi connectivity index (χ0v) is 12.2. The summed E-state index contributed by atoms with van der Waals surface area (Å²) in [6.07, 6.45) is 2.09. The van der Waals surface area contributed by atoms with Crippen LogP contribution in [0.2, 0.25) is 0 Å². The third-order valence-electron chi connectivity index (χ3n) is 3.13. The Labute approximate surface area is 119 Å². The van der Waals surface area contributed by atoms with Gasteiger partial charge in [-0.15, -0.1) is 11.8 Å². The van der Waals surface area contributed by atoms with Gasteiger partial charge in [-0.2, -0.15) is 0 Å². The van der Waals surface area contributed by atoms with Gasteiger partial charge in [0.15, 0.2) is 0 Å². The Morgan fingerprint density at radius 2 is 1.63 bits per heavy atom. The molecule has 0 atom stereocenters. The van der Waals surface area contributed by atoms with Gasteiger partial charge >= 0.3 is 0 Å². The second-order valence-electron chi connectivity index (χ2n) is 4.38. The normalized spacial score (nSPS) is 10.4. The van der Waals surface area contributed by atoms with Crippen molar-refractivity contribution >= 4 is 17.4 Å². The van der Waals surface area contributed by atoms with Crippen LogP contribution in [0.4, 0.5) is 5.69 Å². The number of aromatic hydroxyl groups is 1. The largest absolute Gasteiger partial charge is 0.508 e. The van der Waals surface area contributed by atoms with Gasteiger partial charge in [0, 0.05) is 23.7 Å². The fourth-order valence-electron chi connectivity index (χ4n) is 2.00. The Morgan fingerprint density at radius 1 is 1.00 bits per heavy atom. The van der Waals surface area contributed by atoms with Crippen molar-refractivity contribution < 1.29 is 5.11 Å². The topological polar surface area (TPSA) is 23.5 Å². The maximum Gasteiger partial charge on any atom is 0.115 e. The first-order chi connectivity index (χ1) is 9.22. The summed E-state index contributed by atoms with van der Waals surface area (Å²) in [6.45, 7) is 3.97. The Hall–Kier alpha value is -1.61. The van der Waals surface area contributed by atoms with Gasteiger partial charge in [-0.05, 0) is 55.1 Å². The lowest BCUT2D eigenvalue weighted by atomic mass is 10.2. The fraction of sp³-hybridized carbons (Fsp3) is 0.250. The molecule has 2 nitrogen and oxygen atoms in total. The van der Waals surface area contributed by atoms with Gasteiger partial charge in [-0.1, -0.05) is 12.1 Å². The molecule has 0 aliphatic carbocycles. The number of phenols is 1. The predicted octanol–water partition coefficient (Wildman–Crippen LogP) is 4.14. The first-order valence-electron chi connectivity index (χ1n) is 6.40. The summed E-state index contributed by atoms with van der Waals surface area (Å²) < 4.78 is 0. The van der Waals surface area contributed by atoms with Crippen molar-refractivity contribution in [3.63, 3.8) is 0 Å². The van der Waals surface area contributed by atoms with Gasteiger partial charge < -0.3 is 10.0 Å². The van der Waals surface area contributed by atoms with E-state index < -0.39 is 0 Å². The Bertz CT molecular complexity index is 507. The van der Waals surface area contributed by atoms with E-state index in [9.17, 15) is 5.11 Å². The summed E-state index contributed by atoms with van der Waals surface area (Å²) in [5, 5.41) is 9.34. The van der Waals surface area contributed by atoms with E-state index in [1.165, 1.54) is 10.5 Å². The quantitative estimate of drug-likeness (QED) is 0.828. The molecule has 3 heteroatoms. The van der Waals surface area contributed by atoms with E-state index in [1.54, 1.807) is 23.9 Å². The maximum absolute atomic E-state index is 9.34. The number of hydrogen-bond donors (Lipinski definition) is 1. The molecule has 0 spiro atoms. The van der Waals surface area contributed by atoms with Crippen molar-refractivity contribution in [2.45, 2.75) is 18.4 Å². The van der Waals surface area contributed by atoms with Crippen LogP contribution in [0.25, 0.3) is 0 Å². The van der Waals surface area contributed by atoms with E-state index in [4.69, 9.17) is 0 Å². The molecule has 0 saturated carbocycles. The highest BCUT2D eigenvalue weighted by atomic mass is 32.2. The molecule has 2 aromatic carbocycles. The molecule has 0 aromatic heterocycles. The van der Waals surface area contributed by atoms with E-state index in [2.05, 4.69) is 42.3 Å². The lowest BCUT2D eigenvalue weighted by Crippen LogP contribution is -2.21. The van der Waals surface area contributed by atoms with Crippen molar-refractivity contribution in [1.29, 1.82) is 0 Å². The smallest absolute Gasteiger partial charge is 0.115 e. The summed E-state index contributed by atoms with van der Waals surface area (Å²) >= 11 is 1.76. The third-order valence-corrected chi connectivity index (χ3v) is 3.87. The lowest BCUT2D eigenvalue weighted by Gasteiger charge is -2.23. The summed E-state index contributed by atoms with van der Waals surface area (Å²) in [4.78, 5) is 3.57. The van der Waals surface area contributed by atoms with Crippen LogP contribution >= 0.6 is 11.8 Å². The molecule has 0 unspecified atom stereocenters. The molecule has 0 bridgehead atoms. The van der Waals surface area contributed by atoms with Crippen LogP contribution < -0.4 is 4.90 Å². The molecular weight excluding hydrogens is 254 g/mol. The fourth-order valence-corrected chi connectivity index (χ4v) is 2.41. The van der Waals surface area contributed by atoms with Gasteiger partial charge in [0.1, 0.15) is 5.75 Å². The van der Waals surface area contributed by atoms with E-state index >= 15 is 0 Å². The van der Waals surface area contributed by atoms with Crippen LogP contribution in [-0.2, 0) is 6.54 Å². The Morgan fingerprint density at radius 3 is 2.16 bits per heavy atom. The number of nitrogens with zero attached hydrogens (tertiary/aromatic N) is 1. The SMILES string of the molecule is CCN(Cc1ccc(SC)cc1)c1ccc(O)cc1. The van der Waals surface area contributed by atoms with Gasteiger partial charge in [0.25, 0.3) is 0 Å². The molecule has 0 radical (unpaired) electrons. The first kappa shape index (κ1) is 13.8. The predicted molar refractivity (Wildman–Crippen MR) is 83.1 cm³/mol. The number of thioether (sulfide) groups is 1. The minimum absolute atomic E-state index is 0.309. The number of phenolic OH excluding ortho intramolecular Hbond substituents is 1. The summed E-state index contributed by atoms with van der Waals surface area (Å²) in [6, 6.07) is 16.0. The number of anilines is 1. The van der Waals surface area contributed by atoms with Crippen molar-refractivity contribution in [2.75, 3.05) is 17.7 Å². The average Bonchev–Trinajstić information content (AvgIpc) is 2.46. The van der Waals surface area contributed by atoms with Gasteiger partial charge in [0.2, 0.25) is 0 Å². The molecule has 2 aromatic rings. The van der Waals surface area contributed by atoms with Crippen LogP contribution in [0.1, 0.15) is 12.5 Å². The summed E-state index contributed by atoms with van der Waals surface area (Å²) in [5.41, 5.74) is 2.43. The minimum atomic E-state index is 0.309. The van der Waals surface area contributed by atoms with Crippen molar-refractivity contribution in [3.8, 4) is 5.75 Å². The zero-order chi connectivity index (χ0) is 13.7. The van der Waals surface area contributed by atoms with Gasteiger partial charge in [-0.3, -0.25) is 0 Å². The maximum atomic E-state index is 9.34. The highest BCUT2D eigenvalue weighted by Crippen LogP contribution is 2.21. The third kappa shape index (κ3) is 3.67. The molecule has 0 heterocycles. The summed E-state index contributed by atoms with van der Waals surface area (Å²) in [5.74, 6) is 0.309. The molecule has 0 aliphatic rings. The molecule has 19 heavy (non-hydrogen) atoms. The molecule has 1 N–H and O–H groups in total. The average molecular weight is 273 g/mol. The van der Waals surface area contributed by atoms with Crippen LogP contribution in [0.3, 0.4) is 0 Å². The molecular formula is C16H19NOS. The van der Waals surface area contributed by atoms with Gasteiger partial charge in [0.05, 0.1) is 0 Å². The standard InChI is InChI=1S/C16H19NOS/c1-3-17(14-6-8-15(18)9-7-14)12-13-4-10-16(19-2)11-5-13/h4-11,18H,3,12H2,1-2H3. The van der Waals surface area contributed by atoms with Crippen LogP contribution in [0.15, 0.2) is 53.4 Å². The highest BCUT2D eigenvalue weighted by Gasteiger charge is 2.05. The lowest BCUT2D eigenvalue weighted by molar-refractivity contribution is 0.475. The second kappa shape index (κ2) is 6.53. The molecule has 0 amide bonds. The zero-order valence-electron chi connectivity index (χ0n) is 11.3. The molecule has 0 saturated heterocycles. The van der Waals surface area contributed by atoms with Crippen LogP contribution in [0.5, 0.6) is 5.75 Å². The summed E-state index contributed by atoms with van der Waals surface area (Å²) in [7, 11) is 0. The molecule has 100 valence electrons. The van der Waals surface area contributed by atoms with Gasteiger partial charge in [-0.25, -0.2) is 0 Å². The molecule has 0 aliphatic heterocycles. The van der Waals surface area contributed by atoms with E-state index in [0.717, 1.165) is 18.8 Å². The monoisotopic (exact) mass is 273 g/mol. The number of benzene rings is 2. The first-order valence-corrected chi connectivity index (χ1v) is 7.62. The van der Waals surface area contributed by atoms with Crippen molar-refractivity contribution in [1.82, 2.24) is 0 Å². The molecule has 0 fully saturated rings. The van der Waals surface area contributed by atoms with Crippen LogP contribution in [-0.4, -0.2) is 17.9 Å². The second-order valence-corrected chi connectivity index (χ2v) is 5.26. The van der Waals surface area contributed by atoms with E-state index in [0.29, 0.717) is 5.75 Å². The van der Waals surface area contributed by atoms with E-state index in [1.807, 2.05) is 12.1 Å². The van der Waals surface area contributed by atoms with Crippen molar-refractivity contribution in [3.05, 3.63) is 54.1 Å². The molecule has 2 rings (SSSR count). The van der Waals surface area contributed by atoms with Crippen molar-refractivity contribution in [2.24, 2.45) is 0 Å². The number of rotatable bonds is 5. The highest BCUT2D eigenvalue weighted by molar-refractivity contribution is 7.98. The Kier molecular flexibility index (Phi) is 4.74. The number of hydrogen-bond acceptors (Lipinski definition) is 3. The van der Waals surface area contributed by atoms with E-state index in [-0.39, 0.29) is 0 Å².